The van der Waals surface area contributed by atoms with Crippen LogP contribution in [0.2, 0.25) is 0 Å². The van der Waals surface area contributed by atoms with Gasteiger partial charge in [0.1, 0.15) is 17.1 Å². The molecule has 2 aliphatic rings. The van der Waals surface area contributed by atoms with Crippen LogP contribution in [0.4, 0.5) is 23.7 Å². The molecule has 1 saturated heterocycles. The van der Waals surface area contributed by atoms with E-state index >= 15 is 0 Å². The summed E-state index contributed by atoms with van der Waals surface area (Å²) >= 11 is 0. The standard InChI is InChI=1S/C32H36F3N7O3/c1-3-40-8-10-41(11-9-40)17-21-4-5-23(14-27(21)32(33,34)35)39-31(44)42-16-20(2)29-22(18-42)12-25(15-37-29)45-28-6-7-36-30-26(28)13-24(19-43)38-30/h4-7,12-15,20,43H,3,8-11,16-19H2,1-2H3,(H,36,38)(H,39,44)/t20-/m1/s1. The fraction of sp³-hybridized carbons (Fsp3) is 0.406. The van der Waals surface area contributed by atoms with Gasteiger partial charge >= 0.3 is 12.2 Å². The molecular weight excluding hydrogens is 587 g/mol. The molecule has 3 N–H and O–H groups in total. The number of alkyl halides is 3. The second kappa shape index (κ2) is 12.7. The summed E-state index contributed by atoms with van der Waals surface area (Å²) in [7, 11) is 0. The number of nitrogens with one attached hydrogen (secondary N) is 2. The lowest BCUT2D eigenvalue weighted by Gasteiger charge is -2.34. The third-order valence-electron chi connectivity index (χ3n) is 8.50. The molecule has 0 saturated carbocycles. The van der Waals surface area contributed by atoms with Crippen molar-refractivity contribution in [1.82, 2.24) is 29.7 Å². The molecule has 0 aliphatic carbocycles. The van der Waals surface area contributed by atoms with E-state index in [9.17, 15) is 23.1 Å². The van der Waals surface area contributed by atoms with Crippen molar-refractivity contribution in [2.45, 2.75) is 45.6 Å². The molecule has 1 aromatic carbocycles. The van der Waals surface area contributed by atoms with Crippen molar-refractivity contribution in [3.8, 4) is 11.5 Å². The molecule has 0 bridgehead atoms. The molecule has 0 unspecified atom stereocenters. The third-order valence-corrected chi connectivity index (χ3v) is 8.50. The number of anilines is 1. The van der Waals surface area contributed by atoms with Gasteiger partial charge in [0, 0.05) is 69.3 Å². The zero-order valence-electron chi connectivity index (χ0n) is 25.2. The number of urea groups is 1. The van der Waals surface area contributed by atoms with Crippen LogP contribution in [0.1, 0.15) is 47.8 Å². The Kier molecular flexibility index (Phi) is 8.67. The fourth-order valence-electron chi connectivity index (χ4n) is 6.09. The van der Waals surface area contributed by atoms with Crippen molar-refractivity contribution in [2.75, 3.05) is 44.6 Å². The molecule has 2 amide bonds. The zero-order chi connectivity index (χ0) is 31.7. The summed E-state index contributed by atoms with van der Waals surface area (Å²) < 4.78 is 48.5. The van der Waals surface area contributed by atoms with E-state index in [0.717, 1.165) is 37.0 Å². The second-order valence-corrected chi connectivity index (χ2v) is 11.6. The number of halogens is 3. The number of pyridine rings is 2. The van der Waals surface area contributed by atoms with Gasteiger partial charge in [0.15, 0.2) is 0 Å². The molecule has 4 aromatic rings. The number of hydrogen-bond donors (Lipinski definition) is 3. The number of carbonyl (C=O) groups is 1. The van der Waals surface area contributed by atoms with Crippen molar-refractivity contribution >= 4 is 22.8 Å². The minimum absolute atomic E-state index is 0.0935. The predicted octanol–water partition coefficient (Wildman–Crippen LogP) is 5.55. The van der Waals surface area contributed by atoms with E-state index in [1.807, 2.05) is 17.9 Å². The van der Waals surface area contributed by atoms with Crippen LogP contribution in [0.3, 0.4) is 0 Å². The number of aromatic amines is 1. The van der Waals surface area contributed by atoms with Crippen LogP contribution >= 0.6 is 0 Å². The van der Waals surface area contributed by atoms with Crippen LogP contribution in [-0.4, -0.2) is 80.1 Å². The second-order valence-electron chi connectivity index (χ2n) is 11.6. The monoisotopic (exact) mass is 623 g/mol. The molecule has 0 spiro atoms. The van der Waals surface area contributed by atoms with E-state index in [-0.39, 0.29) is 36.9 Å². The van der Waals surface area contributed by atoms with Gasteiger partial charge in [-0.3, -0.25) is 9.88 Å². The summed E-state index contributed by atoms with van der Waals surface area (Å²) in [4.78, 5) is 31.1. The first kappa shape index (κ1) is 30.8. The summed E-state index contributed by atoms with van der Waals surface area (Å²) in [5.74, 6) is 0.895. The zero-order valence-corrected chi connectivity index (χ0v) is 25.2. The molecule has 238 valence electrons. The van der Waals surface area contributed by atoms with Crippen molar-refractivity contribution in [2.24, 2.45) is 0 Å². The molecule has 2 aliphatic heterocycles. The van der Waals surface area contributed by atoms with Crippen molar-refractivity contribution < 1.29 is 27.8 Å². The normalized spacial score (nSPS) is 17.8. The number of hydrogen-bond acceptors (Lipinski definition) is 7. The lowest BCUT2D eigenvalue weighted by molar-refractivity contribution is -0.138. The number of aliphatic hydroxyl groups excluding tert-OH is 1. The minimum Gasteiger partial charge on any atom is -0.455 e. The number of aliphatic hydroxyl groups is 1. The van der Waals surface area contributed by atoms with Crippen molar-refractivity contribution in [1.29, 1.82) is 0 Å². The maximum Gasteiger partial charge on any atom is 0.416 e. The summed E-state index contributed by atoms with van der Waals surface area (Å²) in [5, 5.41) is 12.9. The van der Waals surface area contributed by atoms with E-state index in [1.54, 1.807) is 29.4 Å². The predicted molar refractivity (Wildman–Crippen MR) is 163 cm³/mol. The van der Waals surface area contributed by atoms with Crippen molar-refractivity contribution in [3.05, 3.63) is 76.9 Å². The molecule has 1 atom stereocenters. The lowest BCUT2D eigenvalue weighted by atomic mass is 9.96. The number of carbonyl (C=O) groups excluding carboxylic acids is 1. The van der Waals surface area contributed by atoms with Crippen LogP contribution in [0, 0.1) is 0 Å². The number of fused-ring (bicyclic) bond motifs is 2. The number of rotatable bonds is 7. The van der Waals surface area contributed by atoms with Gasteiger partial charge in [-0.1, -0.05) is 19.9 Å². The number of piperazine rings is 1. The Morgan fingerprint density at radius 2 is 1.89 bits per heavy atom. The van der Waals surface area contributed by atoms with E-state index in [0.29, 0.717) is 47.9 Å². The van der Waals surface area contributed by atoms with Crippen molar-refractivity contribution in [3.63, 3.8) is 0 Å². The smallest absolute Gasteiger partial charge is 0.416 e. The quantitative estimate of drug-likeness (QED) is 0.248. The molecule has 1 fully saturated rings. The Morgan fingerprint density at radius 1 is 1.11 bits per heavy atom. The van der Waals surface area contributed by atoms with Gasteiger partial charge in [-0.05, 0) is 48.0 Å². The Morgan fingerprint density at radius 3 is 2.62 bits per heavy atom. The third kappa shape index (κ3) is 6.75. The summed E-state index contributed by atoms with van der Waals surface area (Å²) in [6.45, 7) is 8.66. The number of aromatic nitrogens is 3. The lowest BCUT2D eigenvalue weighted by Crippen LogP contribution is -2.45. The Balaban J connectivity index is 1.16. The molecule has 45 heavy (non-hydrogen) atoms. The Labute approximate surface area is 258 Å². The van der Waals surface area contributed by atoms with E-state index in [4.69, 9.17) is 4.74 Å². The minimum atomic E-state index is -4.55. The van der Waals surface area contributed by atoms with Gasteiger partial charge in [0.25, 0.3) is 0 Å². The van der Waals surface area contributed by atoms with Gasteiger partial charge in [0.05, 0.1) is 29.4 Å². The van der Waals surface area contributed by atoms with Gasteiger partial charge < -0.3 is 29.9 Å². The maximum absolute atomic E-state index is 14.1. The largest absolute Gasteiger partial charge is 0.455 e. The van der Waals surface area contributed by atoms with Gasteiger partial charge in [-0.25, -0.2) is 9.78 Å². The Hall–Kier alpha value is -4.20. The van der Waals surface area contributed by atoms with Gasteiger partial charge in [-0.15, -0.1) is 0 Å². The number of H-pyrrole nitrogens is 1. The summed E-state index contributed by atoms with van der Waals surface area (Å²) in [5.41, 5.74) is 2.36. The molecule has 5 heterocycles. The topological polar surface area (TPSA) is 110 Å². The highest BCUT2D eigenvalue weighted by atomic mass is 19.4. The maximum atomic E-state index is 14.1. The van der Waals surface area contributed by atoms with E-state index in [2.05, 4.69) is 32.1 Å². The molecule has 6 rings (SSSR count). The molecule has 13 heteroatoms. The molecule has 10 nitrogen and oxygen atoms in total. The highest BCUT2D eigenvalue weighted by Gasteiger charge is 2.35. The summed E-state index contributed by atoms with van der Waals surface area (Å²) in [6.07, 6.45) is -1.33. The highest BCUT2D eigenvalue weighted by molar-refractivity contribution is 5.89. The molecule has 3 aromatic heterocycles. The first-order chi connectivity index (χ1) is 21.6. The van der Waals surface area contributed by atoms with Gasteiger partial charge in [0.2, 0.25) is 0 Å². The fourth-order valence-corrected chi connectivity index (χ4v) is 6.09. The van der Waals surface area contributed by atoms with Crippen LogP contribution < -0.4 is 10.1 Å². The van der Waals surface area contributed by atoms with Crippen LogP contribution in [0.5, 0.6) is 11.5 Å². The first-order valence-corrected chi connectivity index (χ1v) is 15.1. The van der Waals surface area contributed by atoms with E-state index in [1.165, 1.54) is 12.1 Å². The summed E-state index contributed by atoms with van der Waals surface area (Å²) in [6, 6.07) is 8.85. The van der Waals surface area contributed by atoms with Crippen LogP contribution in [-0.2, 0) is 25.9 Å². The Bertz CT molecular complexity index is 1680. The first-order valence-electron chi connectivity index (χ1n) is 15.1. The SMILES string of the molecule is CCN1CCN(Cc2ccc(NC(=O)N3Cc4cc(Oc5ccnc6[nH]c(CO)cc56)cnc4[C@H](C)C3)cc2C(F)(F)F)CC1. The average Bonchev–Trinajstić information content (AvgIpc) is 3.46. The average molecular weight is 624 g/mol. The van der Waals surface area contributed by atoms with Gasteiger partial charge in [-0.2, -0.15) is 13.2 Å². The molecule has 0 radical (unpaired) electrons. The van der Waals surface area contributed by atoms with Crippen LogP contribution in [0.15, 0.2) is 48.8 Å². The number of benzene rings is 1. The number of nitrogens with zero attached hydrogens (tertiary/aromatic N) is 5. The number of likely N-dealkylation sites (N-methyl/N-ethyl adjacent to an activating group) is 1. The van der Waals surface area contributed by atoms with Crippen LogP contribution in [0.25, 0.3) is 11.0 Å². The van der Waals surface area contributed by atoms with E-state index < -0.39 is 17.8 Å². The number of amides is 2. The molecular formula is C32H36F3N7O3. The highest BCUT2D eigenvalue weighted by Crippen LogP contribution is 2.36. The number of ether oxygens (including phenoxy) is 1.